The third-order valence-electron chi connectivity index (χ3n) is 4.92. The summed E-state index contributed by atoms with van der Waals surface area (Å²) in [6, 6.07) is 4.55. The predicted molar refractivity (Wildman–Crippen MR) is 91.6 cm³/mol. The molecule has 1 N–H and O–H groups in total. The summed E-state index contributed by atoms with van der Waals surface area (Å²) in [6.07, 6.45) is 7.42. The summed E-state index contributed by atoms with van der Waals surface area (Å²) in [4.78, 5) is 25.3. The van der Waals surface area contributed by atoms with Crippen LogP contribution in [-0.2, 0) is 0 Å². The minimum Gasteiger partial charge on any atom is -0.481 e. The number of carbonyl (C=O) groups is 1. The molecule has 2 aromatic heterocycles. The van der Waals surface area contributed by atoms with Gasteiger partial charge in [-0.15, -0.1) is 0 Å². The maximum atomic E-state index is 12.4. The van der Waals surface area contributed by atoms with E-state index in [-0.39, 0.29) is 5.91 Å². The predicted octanol–water partition coefficient (Wildman–Crippen LogP) is 1.48. The van der Waals surface area contributed by atoms with Crippen LogP contribution in [0.1, 0.15) is 36.2 Å². The van der Waals surface area contributed by atoms with Crippen molar-refractivity contribution in [1.82, 2.24) is 25.1 Å². The van der Waals surface area contributed by atoms with E-state index in [0.29, 0.717) is 23.7 Å². The van der Waals surface area contributed by atoms with Crippen molar-refractivity contribution in [2.75, 3.05) is 25.1 Å². The quantitative estimate of drug-likeness (QED) is 0.886. The van der Waals surface area contributed by atoms with Crippen LogP contribution < -0.4 is 9.64 Å². The lowest BCUT2D eigenvalue weighted by Gasteiger charge is -2.39. The first-order valence-corrected chi connectivity index (χ1v) is 8.69. The summed E-state index contributed by atoms with van der Waals surface area (Å²) >= 11 is 0. The number of rotatable bonds is 5. The molecule has 25 heavy (non-hydrogen) atoms. The Kier molecular flexibility index (Phi) is 4.25. The van der Waals surface area contributed by atoms with Crippen molar-refractivity contribution in [3.05, 3.63) is 30.4 Å². The number of H-pyrrole nitrogens is 1. The van der Waals surface area contributed by atoms with Gasteiger partial charge >= 0.3 is 0 Å². The van der Waals surface area contributed by atoms with E-state index >= 15 is 0 Å². The van der Waals surface area contributed by atoms with Crippen LogP contribution >= 0.6 is 0 Å². The summed E-state index contributed by atoms with van der Waals surface area (Å²) in [5.41, 5.74) is 0.554. The number of nitrogens with zero attached hydrogens (tertiary/aromatic N) is 5. The average molecular weight is 342 g/mol. The van der Waals surface area contributed by atoms with Gasteiger partial charge in [0.15, 0.2) is 0 Å². The number of likely N-dealkylation sites (tertiary alicyclic amines) is 1. The van der Waals surface area contributed by atoms with Gasteiger partial charge in [0, 0.05) is 37.4 Å². The molecule has 8 heteroatoms. The number of anilines is 1. The SMILES string of the molecule is COc1cc(N(C2CC2)C2CCN(C(=O)c3ccn[nH]3)CC2)ncn1. The van der Waals surface area contributed by atoms with Crippen LogP contribution in [0.5, 0.6) is 5.88 Å². The number of amides is 1. The number of hydrogen-bond acceptors (Lipinski definition) is 6. The highest BCUT2D eigenvalue weighted by Crippen LogP contribution is 2.36. The number of hydrogen-bond donors (Lipinski definition) is 1. The molecule has 1 saturated carbocycles. The summed E-state index contributed by atoms with van der Waals surface area (Å²) < 4.78 is 5.24. The highest BCUT2D eigenvalue weighted by molar-refractivity contribution is 5.92. The molecular formula is C17H22N6O2. The summed E-state index contributed by atoms with van der Waals surface area (Å²) in [6.45, 7) is 1.49. The van der Waals surface area contributed by atoms with Gasteiger partial charge in [-0.05, 0) is 31.7 Å². The van der Waals surface area contributed by atoms with E-state index in [2.05, 4.69) is 25.1 Å². The first-order chi connectivity index (χ1) is 12.3. The Balaban J connectivity index is 1.45. The Bertz CT molecular complexity index is 722. The van der Waals surface area contributed by atoms with Crippen LogP contribution in [0.25, 0.3) is 0 Å². The molecule has 1 aliphatic carbocycles. The normalized spacial score (nSPS) is 18.2. The summed E-state index contributed by atoms with van der Waals surface area (Å²) in [5.74, 6) is 1.54. The molecule has 0 aromatic carbocycles. The van der Waals surface area contributed by atoms with E-state index in [4.69, 9.17) is 4.74 Å². The monoisotopic (exact) mass is 342 g/mol. The number of carbonyl (C=O) groups excluding carboxylic acids is 1. The number of piperidine rings is 1. The molecule has 8 nitrogen and oxygen atoms in total. The first-order valence-electron chi connectivity index (χ1n) is 8.69. The van der Waals surface area contributed by atoms with Gasteiger partial charge in [0.1, 0.15) is 17.8 Å². The van der Waals surface area contributed by atoms with Crippen LogP contribution in [0, 0.1) is 0 Å². The van der Waals surface area contributed by atoms with Gasteiger partial charge in [-0.25, -0.2) is 9.97 Å². The lowest BCUT2D eigenvalue weighted by atomic mass is 10.0. The van der Waals surface area contributed by atoms with Crippen molar-refractivity contribution in [2.24, 2.45) is 0 Å². The maximum absolute atomic E-state index is 12.4. The zero-order chi connectivity index (χ0) is 17.2. The molecule has 3 heterocycles. The fraction of sp³-hybridized carbons (Fsp3) is 0.529. The lowest BCUT2D eigenvalue weighted by Crippen LogP contribution is -2.48. The molecule has 0 atom stereocenters. The Labute approximate surface area is 146 Å². The fourth-order valence-electron chi connectivity index (χ4n) is 3.50. The molecule has 132 valence electrons. The van der Waals surface area contributed by atoms with Crippen LogP contribution in [0.3, 0.4) is 0 Å². The third-order valence-corrected chi connectivity index (χ3v) is 4.92. The van der Waals surface area contributed by atoms with Crippen molar-refractivity contribution < 1.29 is 9.53 Å². The van der Waals surface area contributed by atoms with Gasteiger partial charge in [-0.2, -0.15) is 5.10 Å². The van der Waals surface area contributed by atoms with E-state index in [0.717, 1.165) is 31.7 Å². The van der Waals surface area contributed by atoms with Crippen molar-refractivity contribution >= 4 is 11.7 Å². The van der Waals surface area contributed by atoms with Gasteiger partial charge < -0.3 is 14.5 Å². The van der Waals surface area contributed by atoms with Gasteiger partial charge in [-0.1, -0.05) is 0 Å². The molecule has 4 rings (SSSR count). The van der Waals surface area contributed by atoms with Gasteiger partial charge in [0.25, 0.3) is 5.91 Å². The highest BCUT2D eigenvalue weighted by atomic mass is 16.5. The molecule has 1 amide bonds. The molecule has 0 spiro atoms. The van der Waals surface area contributed by atoms with E-state index in [9.17, 15) is 4.79 Å². The third kappa shape index (κ3) is 3.29. The van der Waals surface area contributed by atoms with E-state index < -0.39 is 0 Å². The molecule has 0 unspecified atom stereocenters. The van der Waals surface area contributed by atoms with Crippen LogP contribution in [0.4, 0.5) is 5.82 Å². The number of aromatic amines is 1. The molecule has 2 aromatic rings. The van der Waals surface area contributed by atoms with Crippen molar-refractivity contribution in [1.29, 1.82) is 0 Å². The molecule has 0 radical (unpaired) electrons. The van der Waals surface area contributed by atoms with Gasteiger partial charge in [0.2, 0.25) is 5.88 Å². The largest absolute Gasteiger partial charge is 0.481 e. The second-order valence-electron chi connectivity index (χ2n) is 6.55. The van der Waals surface area contributed by atoms with Gasteiger partial charge in [-0.3, -0.25) is 9.89 Å². The Morgan fingerprint density at radius 3 is 2.64 bits per heavy atom. The minimum absolute atomic E-state index is 0.0256. The molecule has 2 aliphatic rings. The molecule has 2 fully saturated rings. The zero-order valence-corrected chi connectivity index (χ0v) is 14.3. The Morgan fingerprint density at radius 2 is 2.00 bits per heavy atom. The van der Waals surface area contributed by atoms with Crippen LogP contribution in [0.2, 0.25) is 0 Å². The summed E-state index contributed by atoms with van der Waals surface area (Å²) in [5, 5.41) is 6.61. The number of methoxy groups -OCH3 is 1. The lowest BCUT2D eigenvalue weighted by molar-refractivity contribution is 0.0706. The number of aromatic nitrogens is 4. The van der Waals surface area contributed by atoms with E-state index in [1.54, 1.807) is 25.7 Å². The number of nitrogens with one attached hydrogen (secondary N) is 1. The fourth-order valence-corrected chi connectivity index (χ4v) is 3.50. The van der Waals surface area contributed by atoms with Crippen molar-refractivity contribution in [3.63, 3.8) is 0 Å². The highest BCUT2D eigenvalue weighted by Gasteiger charge is 2.37. The minimum atomic E-state index is 0.0256. The Hall–Kier alpha value is -2.64. The molecular weight excluding hydrogens is 320 g/mol. The van der Waals surface area contributed by atoms with Crippen LogP contribution in [-0.4, -0.2) is 63.3 Å². The van der Waals surface area contributed by atoms with Crippen molar-refractivity contribution in [3.8, 4) is 5.88 Å². The smallest absolute Gasteiger partial charge is 0.271 e. The average Bonchev–Trinajstić information content (AvgIpc) is 3.33. The second-order valence-corrected chi connectivity index (χ2v) is 6.55. The molecule has 1 aliphatic heterocycles. The summed E-state index contributed by atoms with van der Waals surface area (Å²) in [7, 11) is 1.62. The topological polar surface area (TPSA) is 87.2 Å². The molecule has 0 bridgehead atoms. The standard InChI is InChI=1S/C17H22N6O2/c1-25-16-10-15(18-11-19-16)23(12-2-3-12)13-5-8-22(9-6-13)17(24)14-4-7-20-21-14/h4,7,10-13H,2-3,5-6,8-9H2,1H3,(H,20,21). The van der Waals surface area contributed by atoms with E-state index in [1.807, 2.05) is 11.0 Å². The van der Waals surface area contributed by atoms with Gasteiger partial charge in [0.05, 0.1) is 7.11 Å². The zero-order valence-electron chi connectivity index (χ0n) is 14.3. The van der Waals surface area contributed by atoms with Crippen LogP contribution in [0.15, 0.2) is 24.7 Å². The molecule has 1 saturated heterocycles. The Morgan fingerprint density at radius 1 is 1.24 bits per heavy atom. The second kappa shape index (κ2) is 6.70. The van der Waals surface area contributed by atoms with Crippen molar-refractivity contribution in [2.45, 2.75) is 37.8 Å². The first kappa shape index (κ1) is 15.9. The van der Waals surface area contributed by atoms with E-state index in [1.165, 1.54) is 12.8 Å². The maximum Gasteiger partial charge on any atom is 0.271 e. The number of ether oxygens (including phenoxy) is 1.